The van der Waals surface area contributed by atoms with E-state index in [9.17, 15) is 9.90 Å². The quantitative estimate of drug-likeness (QED) is 0.630. The van der Waals surface area contributed by atoms with Gasteiger partial charge in [0, 0.05) is 39.0 Å². The van der Waals surface area contributed by atoms with Gasteiger partial charge in [-0.1, -0.05) is 72.8 Å². The molecule has 0 spiro atoms. The van der Waals surface area contributed by atoms with E-state index in [2.05, 4.69) is 71.6 Å². The maximum Gasteiger partial charge on any atom is 0.224 e. The van der Waals surface area contributed by atoms with Crippen LogP contribution in [0.3, 0.4) is 0 Å². The van der Waals surface area contributed by atoms with Gasteiger partial charge in [-0.05, 0) is 28.3 Å². The summed E-state index contributed by atoms with van der Waals surface area (Å²) < 4.78 is 0. The Kier molecular flexibility index (Phi) is 6.23. The third kappa shape index (κ3) is 4.84. The Morgan fingerprint density at radius 3 is 2.48 bits per heavy atom. The van der Waals surface area contributed by atoms with Gasteiger partial charge in [0.2, 0.25) is 5.91 Å². The molecule has 1 heterocycles. The molecule has 1 unspecified atom stereocenters. The summed E-state index contributed by atoms with van der Waals surface area (Å²) >= 11 is 0. The lowest BCUT2D eigenvalue weighted by molar-refractivity contribution is -0.136. The van der Waals surface area contributed by atoms with Crippen molar-refractivity contribution in [2.75, 3.05) is 13.1 Å². The Labute approximate surface area is 172 Å². The summed E-state index contributed by atoms with van der Waals surface area (Å²) in [5, 5.41) is 13.1. The average Bonchev–Trinajstić information content (AvgIpc) is 3.19. The fourth-order valence-corrected chi connectivity index (χ4v) is 4.16. The van der Waals surface area contributed by atoms with Crippen LogP contribution in [0.15, 0.2) is 72.8 Å². The van der Waals surface area contributed by atoms with Crippen molar-refractivity contribution in [1.82, 2.24) is 9.80 Å². The van der Waals surface area contributed by atoms with E-state index in [1.165, 1.54) is 21.9 Å². The van der Waals surface area contributed by atoms with E-state index >= 15 is 0 Å². The number of aliphatic hydroxyl groups excluding tert-OH is 1. The molecular formula is C25H28N2O2. The van der Waals surface area contributed by atoms with Gasteiger partial charge in [0.1, 0.15) is 6.23 Å². The number of nitrogens with zero attached hydrogens (tertiary/aromatic N) is 2. The molecular weight excluding hydrogens is 360 g/mol. The summed E-state index contributed by atoms with van der Waals surface area (Å²) in [5.41, 5.74) is 2.53. The molecule has 1 aliphatic heterocycles. The summed E-state index contributed by atoms with van der Waals surface area (Å²) in [6.45, 7) is 3.01. The van der Waals surface area contributed by atoms with Crippen LogP contribution in [0.25, 0.3) is 10.8 Å². The number of carbonyl (C=O) groups excluding carboxylic acids is 1. The highest BCUT2D eigenvalue weighted by Crippen LogP contribution is 2.22. The Hall–Kier alpha value is -2.69. The molecule has 150 valence electrons. The van der Waals surface area contributed by atoms with Crippen molar-refractivity contribution in [2.45, 2.75) is 38.6 Å². The maximum absolute atomic E-state index is 11.9. The largest absolute Gasteiger partial charge is 0.373 e. The highest BCUT2D eigenvalue weighted by molar-refractivity contribution is 5.85. The number of likely N-dealkylation sites (tertiary alicyclic amines) is 1. The predicted octanol–water partition coefficient (Wildman–Crippen LogP) is 4.17. The predicted molar refractivity (Wildman–Crippen MR) is 116 cm³/mol. The number of amides is 1. The smallest absolute Gasteiger partial charge is 0.224 e. The van der Waals surface area contributed by atoms with Crippen LogP contribution in [0.1, 0.15) is 30.4 Å². The molecule has 1 saturated heterocycles. The number of rotatable bonds is 8. The molecule has 4 heteroatoms. The summed E-state index contributed by atoms with van der Waals surface area (Å²) in [6.07, 6.45) is 1.26. The summed E-state index contributed by atoms with van der Waals surface area (Å²) in [4.78, 5) is 15.9. The molecule has 1 N–H and O–H groups in total. The van der Waals surface area contributed by atoms with Crippen molar-refractivity contribution in [1.29, 1.82) is 0 Å². The van der Waals surface area contributed by atoms with E-state index < -0.39 is 6.23 Å². The lowest BCUT2D eigenvalue weighted by Crippen LogP contribution is -2.38. The van der Waals surface area contributed by atoms with Gasteiger partial charge in [-0.2, -0.15) is 0 Å². The van der Waals surface area contributed by atoms with Crippen LogP contribution in [-0.4, -0.2) is 40.1 Å². The van der Waals surface area contributed by atoms with Crippen LogP contribution >= 0.6 is 0 Å². The first-order valence-electron chi connectivity index (χ1n) is 10.4. The molecule has 3 aromatic carbocycles. The number of aliphatic hydroxyl groups is 1. The van der Waals surface area contributed by atoms with E-state index in [4.69, 9.17) is 0 Å². The van der Waals surface area contributed by atoms with Gasteiger partial charge in [-0.15, -0.1) is 0 Å². The van der Waals surface area contributed by atoms with Crippen molar-refractivity contribution in [3.63, 3.8) is 0 Å². The molecule has 0 aliphatic carbocycles. The van der Waals surface area contributed by atoms with Crippen LogP contribution in [-0.2, 0) is 17.9 Å². The Bertz CT molecular complexity index is 952. The van der Waals surface area contributed by atoms with Crippen molar-refractivity contribution in [3.8, 4) is 0 Å². The van der Waals surface area contributed by atoms with E-state index in [1.807, 2.05) is 6.07 Å². The first-order valence-corrected chi connectivity index (χ1v) is 10.4. The number of hydrogen-bond acceptors (Lipinski definition) is 3. The monoisotopic (exact) mass is 388 g/mol. The van der Waals surface area contributed by atoms with Gasteiger partial charge in [0.05, 0.1) is 0 Å². The second-order valence-electron chi connectivity index (χ2n) is 7.79. The molecule has 1 aliphatic rings. The second-order valence-corrected chi connectivity index (χ2v) is 7.79. The Morgan fingerprint density at radius 1 is 0.931 bits per heavy atom. The molecule has 0 aromatic heterocycles. The molecule has 0 saturated carbocycles. The molecule has 1 fully saturated rings. The van der Waals surface area contributed by atoms with Gasteiger partial charge in [0.15, 0.2) is 0 Å². The molecule has 0 bridgehead atoms. The first-order chi connectivity index (χ1) is 14.2. The Morgan fingerprint density at radius 2 is 1.69 bits per heavy atom. The SMILES string of the molecule is O=C1CCCN1C(O)CCN(Cc1ccccc1)Cc1cccc2ccccc12. The average molecular weight is 389 g/mol. The zero-order chi connectivity index (χ0) is 20.1. The standard InChI is InChI=1S/C25H28N2O2/c28-24-14-7-16-27(24)25(29)15-17-26(18-20-8-2-1-3-9-20)19-22-12-6-11-21-10-4-5-13-23(21)22/h1-6,8-13,25,29H,7,14-19H2. The third-order valence-corrected chi connectivity index (χ3v) is 5.70. The number of carbonyl (C=O) groups is 1. The second kappa shape index (κ2) is 9.21. The summed E-state index contributed by atoms with van der Waals surface area (Å²) in [7, 11) is 0. The minimum absolute atomic E-state index is 0.0705. The van der Waals surface area contributed by atoms with Gasteiger partial charge in [-0.25, -0.2) is 0 Å². The summed E-state index contributed by atoms with van der Waals surface area (Å²) in [5.74, 6) is 0.0705. The van der Waals surface area contributed by atoms with Crippen molar-refractivity contribution < 1.29 is 9.90 Å². The molecule has 4 rings (SSSR count). The molecule has 29 heavy (non-hydrogen) atoms. The zero-order valence-electron chi connectivity index (χ0n) is 16.7. The Balaban J connectivity index is 1.50. The van der Waals surface area contributed by atoms with E-state index in [0.29, 0.717) is 19.4 Å². The third-order valence-electron chi connectivity index (χ3n) is 5.70. The molecule has 3 aromatic rings. The van der Waals surface area contributed by atoms with E-state index in [0.717, 1.165) is 26.1 Å². The fraction of sp³-hybridized carbons (Fsp3) is 0.320. The van der Waals surface area contributed by atoms with Gasteiger partial charge in [0.25, 0.3) is 0 Å². The van der Waals surface area contributed by atoms with E-state index in [1.54, 1.807) is 4.90 Å². The van der Waals surface area contributed by atoms with Crippen molar-refractivity contribution in [2.24, 2.45) is 0 Å². The fourth-order valence-electron chi connectivity index (χ4n) is 4.16. The molecule has 4 nitrogen and oxygen atoms in total. The van der Waals surface area contributed by atoms with Crippen LogP contribution in [0.4, 0.5) is 0 Å². The van der Waals surface area contributed by atoms with Crippen LogP contribution in [0.5, 0.6) is 0 Å². The number of benzene rings is 3. The van der Waals surface area contributed by atoms with Gasteiger partial charge in [-0.3, -0.25) is 9.69 Å². The highest BCUT2D eigenvalue weighted by Gasteiger charge is 2.26. The van der Waals surface area contributed by atoms with Crippen LogP contribution in [0, 0.1) is 0 Å². The van der Waals surface area contributed by atoms with Gasteiger partial charge < -0.3 is 10.0 Å². The number of hydrogen-bond donors (Lipinski definition) is 1. The normalized spacial score (nSPS) is 15.4. The lowest BCUT2D eigenvalue weighted by atomic mass is 10.0. The van der Waals surface area contributed by atoms with Gasteiger partial charge >= 0.3 is 0 Å². The highest BCUT2D eigenvalue weighted by atomic mass is 16.3. The maximum atomic E-state index is 11.9. The molecule has 1 amide bonds. The van der Waals surface area contributed by atoms with Crippen LogP contribution in [0.2, 0.25) is 0 Å². The molecule has 1 atom stereocenters. The lowest BCUT2D eigenvalue weighted by Gasteiger charge is -2.28. The minimum Gasteiger partial charge on any atom is -0.373 e. The number of fused-ring (bicyclic) bond motifs is 1. The van der Waals surface area contributed by atoms with Crippen molar-refractivity contribution in [3.05, 3.63) is 83.9 Å². The van der Waals surface area contributed by atoms with Crippen LogP contribution < -0.4 is 0 Å². The minimum atomic E-state index is -0.698. The topological polar surface area (TPSA) is 43.8 Å². The first kappa shape index (κ1) is 19.6. The zero-order valence-corrected chi connectivity index (χ0v) is 16.7. The van der Waals surface area contributed by atoms with Crippen molar-refractivity contribution >= 4 is 16.7 Å². The summed E-state index contributed by atoms with van der Waals surface area (Å²) in [6, 6.07) is 25.3. The molecule has 0 radical (unpaired) electrons. The van der Waals surface area contributed by atoms with E-state index in [-0.39, 0.29) is 5.91 Å².